The van der Waals surface area contributed by atoms with E-state index in [1.165, 1.54) is 5.56 Å². The van der Waals surface area contributed by atoms with E-state index in [2.05, 4.69) is 47.0 Å². The quantitative estimate of drug-likeness (QED) is 0.698. The molecular weight excluding hydrogens is 224 g/mol. The molecule has 0 amide bonds. The number of terminal acetylenes is 1. The van der Waals surface area contributed by atoms with Gasteiger partial charge in [-0.3, -0.25) is 0 Å². The molecule has 0 fully saturated rings. The van der Waals surface area contributed by atoms with Crippen molar-refractivity contribution in [1.29, 1.82) is 0 Å². The zero-order valence-electron chi connectivity index (χ0n) is 7.76. The molecule has 0 spiro atoms. The lowest BCUT2D eigenvalue weighted by Crippen LogP contribution is -1.95. The lowest BCUT2D eigenvalue weighted by Gasteiger charge is -2.11. The maximum Gasteiger partial charge on any atom is 0.0178 e. The summed E-state index contributed by atoms with van der Waals surface area (Å²) in [6.07, 6.45) is 7.24. The molecule has 0 aromatic heterocycles. The Morgan fingerprint density at radius 3 is 2.85 bits per heavy atom. The van der Waals surface area contributed by atoms with Gasteiger partial charge in [0.05, 0.1) is 0 Å². The number of hydrogen-bond acceptors (Lipinski definition) is 0. The minimum Gasteiger partial charge on any atom is -0.120 e. The highest BCUT2D eigenvalue weighted by Gasteiger charge is 2.07. The summed E-state index contributed by atoms with van der Waals surface area (Å²) in [5.74, 6) is 3.22. The number of halogens is 1. The highest BCUT2D eigenvalue weighted by Crippen LogP contribution is 2.24. The van der Waals surface area contributed by atoms with Crippen LogP contribution in [-0.4, -0.2) is 0 Å². The van der Waals surface area contributed by atoms with Crippen LogP contribution in [0.2, 0.25) is 0 Å². The van der Waals surface area contributed by atoms with Crippen LogP contribution in [0, 0.1) is 12.3 Å². The van der Waals surface area contributed by atoms with Crippen LogP contribution in [0.3, 0.4) is 0 Å². The molecule has 0 aliphatic rings. The summed E-state index contributed by atoms with van der Waals surface area (Å²) in [7, 11) is 0. The summed E-state index contributed by atoms with van der Waals surface area (Å²) < 4.78 is 1.13. The van der Waals surface area contributed by atoms with Crippen molar-refractivity contribution in [3.8, 4) is 12.3 Å². The van der Waals surface area contributed by atoms with Crippen molar-refractivity contribution in [3.05, 3.63) is 34.3 Å². The summed E-state index contributed by atoms with van der Waals surface area (Å²) in [4.78, 5) is 0. The Kier molecular flexibility index (Phi) is 4.05. The Morgan fingerprint density at radius 2 is 2.31 bits per heavy atom. The van der Waals surface area contributed by atoms with Crippen LogP contribution in [-0.2, 0) is 0 Å². The second-order valence-corrected chi connectivity index (χ2v) is 3.98. The normalized spacial score (nSPS) is 12.1. The molecule has 0 radical (unpaired) electrons. The minimum atomic E-state index is 0.502. The van der Waals surface area contributed by atoms with Crippen LogP contribution in [0.15, 0.2) is 28.7 Å². The molecule has 1 rings (SSSR count). The molecule has 1 aromatic carbocycles. The predicted molar refractivity (Wildman–Crippen MR) is 60.6 cm³/mol. The van der Waals surface area contributed by atoms with E-state index in [0.717, 1.165) is 17.3 Å². The smallest absolute Gasteiger partial charge is 0.0178 e. The highest BCUT2D eigenvalue weighted by molar-refractivity contribution is 9.10. The van der Waals surface area contributed by atoms with Gasteiger partial charge >= 0.3 is 0 Å². The first-order valence-electron chi connectivity index (χ1n) is 4.46. The molecular formula is C12H13Br. The Balaban J connectivity index is 2.86. The Morgan fingerprint density at radius 1 is 1.54 bits per heavy atom. The fourth-order valence-electron chi connectivity index (χ4n) is 1.40. The molecule has 1 unspecified atom stereocenters. The lowest BCUT2D eigenvalue weighted by atomic mass is 9.94. The second-order valence-electron chi connectivity index (χ2n) is 3.07. The third kappa shape index (κ3) is 2.90. The Hall–Kier alpha value is -0.740. The Labute approximate surface area is 88.5 Å². The van der Waals surface area contributed by atoms with Crippen molar-refractivity contribution >= 4 is 15.9 Å². The first-order chi connectivity index (χ1) is 6.27. The van der Waals surface area contributed by atoms with E-state index in [4.69, 9.17) is 6.42 Å². The van der Waals surface area contributed by atoms with Gasteiger partial charge in [0, 0.05) is 10.9 Å². The van der Waals surface area contributed by atoms with E-state index < -0.39 is 0 Å². The molecule has 0 nitrogen and oxygen atoms in total. The van der Waals surface area contributed by atoms with Gasteiger partial charge in [-0.15, -0.1) is 12.3 Å². The average Bonchev–Trinajstić information content (AvgIpc) is 2.14. The molecule has 0 N–H and O–H groups in total. The standard InChI is InChI=1S/C12H13Br/c1-3-6-10(4-2)11-7-5-8-12(13)9-11/h1,5,7-10H,4,6H2,2H3. The van der Waals surface area contributed by atoms with Gasteiger partial charge in [-0.05, 0) is 30.0 Å². The lowest BCUT2D eigenvalue weighted by molar-refractivity contribution is 0.684. The molecule has 68 valence electrons. The van der Waals surface area contributed by atoms with Gasteiger partial charge in [-0.1, -0.05) is 35.0 Å². The van der Waals surface area contributed by atoms with Crippen LogP contribution in [0.1, 0.15) is 31.2 Å². The summed E-state index contributed by atoms with van der Waals surface area (Å²) in [5.41, 5.74) is 1.33. The molecule has 0 aliphatic heterocycles. The maximum absolute atomic E-state index is 5.32. The van der Waals surface area contributed by atoms with Gasteiger partial charge in [0.15, 0.2) is 0 Å². The van der Waals surface area contributed by atoms with Gasteiger partial charge in [0.25, 0.3) is 0 Å². The third-order valence-electron chi connectivity index (χ3n) is 2.18. The van der Waals surface area contributed by atoms with Gasteiger partial charge in [0.1, 0.15) is 0 Å². The van der Waals surface area contributed by atoms with Crippen molar-refractivity contribution in [3.63, 3.8) is 0 Å². The minimum absolute atomic E-state index is 0.502. The molecule has 0 aliphatic carbocycles. The van der Waals surface area contributed by atoms with Crippen molar-refractivity contribution in [2.45, 2.75) is 25.7 Å². The Bertz CT molecular complexity index is 309. The van der Waals surface area contributed by atoms with Crippen molar-refractivity contribution in [2.75, 3.05) is 0 Å². The largest absolute Gasteiger partial charge is 0.120 e. The molecule has 0 saturated carbocycles. The summed E-state index contributed by atoms with van der Waals surface area (Å²) in [6.45, 7) is 2.17. The molecule has 0 saturated heterocycles. The van der Waals surface area contributed by atoms with Crippen molar-refractivity contribution < 1.29 is 0 Å². The van der Waals surface area contributed by atoms with Gasteiger partial charge in [0.2, 0.25) is 0 Å². The summed E-state index contributed by atoms with van der Waals surface area (Å²) in [6, 6.07) is 8.37. The zero-order valence-corrected chi connectivity index (χ0v) is 9.34. The number of benzene rings is 1. The summed E-state index contributed by atoms with van der Waals surface area (Å²) in [5, 5.41) is 0. The van der Waals surface area contributed by atoms with Crippen molar-refractivity contribution in [1.82, 2.24) is 0 Å². The molecule has 1 aromatic rings. The van der Waals surface area contributed by atoms with E-state index in [1.54, 1.807) is 0 Å². The molecule has 0 bridgehead atoms. The maximum atomic E-state index is 5.32. The predicted octanol–water partition coefficient (Wildman–Crippen LogP) is 3.97. The van der Waals surface area contributed by atoms with E-state index in [0.29, 0.717) is 5.92 Å². The van der Waals surface area contributed by atoms with Crippen LogP contribution >= 0.6 is 15.9 Å². The fourth-order valence-corrected chi connectivity index (χ4v) is 1.82. The fraction of sp³-hybridized carbons (Fsp3) is 0.333. The van der Waals surface area contributed by atoms with Gasteiger partial charge in [-0.2, -0.15) is 0 Å². The topological polar surface area (TPSA) is 0 Å². The first kappa shape index (κ1) is 10.3. The van der Waals surface area contributed by atoms with E-state index in [-0.39, 0.29) is 0 Å². The molecule has 13 heavy (non-hydrogen) atoms. The van der Waals surface area contributed by atoms with Crippen LogP contribution in [0.4, 0.5) is 0 Å². The SMILES string of the molecule is C#CCC(CC)c1cccc(Br)c1. The average molecular weight is 237 g/mol. The number of rotatable bonds is 3. The zero-order chi connectivity index (χ0) is 9.68. The van der Waals surface area contributed by atoms with E-state index >= 15 is 0 Å². The molecule has 1 atom stereocenters. The van der Waals surface area contributed by atoms with Crippen LogP contribution in [0.25, 0.3) is 0 Å². The van der Waals surface area contributed by atoms with Gasteiger partial charge in [-0.25, -0.2) is 0 Å². The van der Waals surface area contributed by atoms with E-state index in [1.807, 2.05) is 6.07 Å². The first-order valence-corrected chi connectivity index (χ1v) is 5.26. The van der Waals surface area contributed by atoms with Crippen molar-refractivity contribution in [2.24, 2.45) is 0 Å². The second kappa shape index (κ2) is 5.09. The van der Waals surface area contributed by atoms with E-state index in [9.17, 15) is 0 Å². The molecule has 0 heterocycles. The van der Waals surface area contributed by atoms with Crippen LogP contribution in [0.5, 0.6) is 0 Å². The van der Waals surface area contributed by atoms with Crippen LogP contribution < -0.4 is 0 Å². The number of hydrogen-bond donors (Lipinski definition) is 0. The molecule has 1 heteroatoms. The third-order valence-corrected chi connectivity index (χ3v) is 2.67. The monoisotopic (exact) mass is 236 g/mol. The highest BCUT2D eigenvalue weighted by atomic mass is 79.9. The summed E-state index contributed by atoms with van der Waals surface area (Å²) >= 11 is 3.46. The van der Waals surface area contributed by atoms with Gasteiger partial charge < -0.3 is 0 Å².